The zero-order chi connectivity index (χ0) is 43.8. The van der Waals surface area contributed by atoms with Gasteiger partial charge in [0, 0.05) is 64.3 Å². The molecule has 15 nitrogen and oxygen atoms in total. The van der Waals surface area contributed by atoms with Crippen molar-refractivity contribution in [3.8, 4) is 11.4 Å². The van der Waals surface area contributed by atoms with Gasteiger partial charge in [0.1, 0.15) is 6.61 Å². The van der Waals surface area contributed by atoms with Gasteiger partial charge in [-0.3, -0.25) is 19.5 Å². The summed E-state index contributed by atoms with van der Waals surface area (Å²) in [5, 5.41) is 4.18. The Labute approximate surface area is 363 Å². The molecule has 3 aromatic rings. The highest BCUT2D eigenvalue weighted by Crippen LogP contribution is 2.39. The van der Waals surface area contributed by atoms with Crippen molar-refractivity contribution in [2.24, 2.45) is 11.8 Å². The van der Waals surface area contributed by atoms with Crippen LogP contribution in [-0.4, -0.2) is 144 Å². The Hall–Kier alpha value is -4.65. The summed E-state index contributed by atoms with van der Waals surface area (Å²) >= 11 is 6.15. The van der Waals surface area contributed by atoms with Crippen LogP contribution in [0.2, 0.25) is 5.02 Å². The summed E-state index contributed by atoms with van der Waals surface area (Å²) in [6, 6.07) is 11.1. The first-order valence-corrected chi connectivity index (χ1v) is 22.0. The molecule has 4 aliphatic rings. The van der Waals surface area contributed by atoms with E-state index >= 15 is 0 Å². The number of esters is 1. The summed E-state index contributed by atoms with van der Waals surface area (Å²) in [6.07, 6.45) is -2.77. The van der Waals surface area contributed by atoms with Crippen molar-refractivity contribution < 1.29 is 41.8 Å². The molecule has 19 heteroatoms. The van der Waals surface area contributed by atoms with E-state index in [-0.39, 0.29) is 47.8 Å². The number of ether oxygens (including phenoxy) is 3. The number of benzene rings is 2. The molecule has 4 fully saturated rings. The van der Waals surface area contributed by atoms with E-state index in [1.54, 1.807) is 4.90 Å². The van der Waals surface area contributed by atoms with Gasteiger partial charge in [-0.15, -0.1) is 5.10 Å². The number of likely N-dealkylation sites (tertiary alicyclic amines) is 3. The number of nitrogens with two attached hydrogens (primary N) is 1. The van der Waals surface area contributed by atoms with Crippen LogP contribution < -0.4 is 11.4 Å². The van der Waals surface area contributed by atoms with Crippen molar-refractivity contribution in [1.82, 2.24) is 34.4 Å². The maximum absolute atomic E-state index is 14.2. The minimum Gasteiger partial charge on any atom is -0.464 e. The molecule has 2 amide bonds. The van der Waals surface area contributed by atoms with Gasteiger partial charge >= 0.3 is 23.9 Å². The number of aromatic nitrogens is 3. The minimum absolute atomic E-state index is 0.0522. The number of H-pyrrole nitrogens is 1. The molecule has 1 aromatic heterocycles. The molecule has 0 saturated carbocycles. The van der Waals surface area contributed by atoms with E-state index in [9.17, 15) is 32.3 Å². The number of nitrogens with one attached hydrogen (secondary N) is 1. The number of aromatic amines is 1. The van der Waals surface area contributed by atoms with E-state index in [0.29, 0.717) is 82.9 Å². The van der Waals surface area contributed by atoms with E-state index in [0.717, 1.165) is 63.5 Å². The zero-order valence-electron chi connectivity index (χ0n) is 34.8. The lowest BCUT2D eigenvalue weighted by molar-refractivity contribution is -0.145. The van der Waals surface area contributed by atoms with Gasteiger partial charge < -0.3 is 34.6 Å². The van der Waals surface area contributed by atoms with Crippen LogP contribution in [0.5, 0.6) is 0 Å². The van der Waals surface area contributed by atoms with Crippen molar-refractivity contribution in [3.05, 3.63) is 69.1 Å². The van der Waals surface area contributed by atoms with Crippen LogP contribution in [0.3, 0.4) is 0 Å². The summed E-state index contributed by atoms with van der Waals surface area (Å²) in [5.41, 5.74) is 4.39. The Morgan fingerprint density at radius 1 is 0.871 bits per heavy atom. The molecule has 5 heterocycles. The summed E-state index contributed by atoms with van der Waals surface area (Å²) in [7, 11) is 0. The van der Waals surface area contributed by atoms with Crippen molar-refractivity contribution in [2.45, 2.75) is 69.7 Å². The molecule has 3 N–H and O–H groups in total. The number of carbonyl (C=O) groups excluding carboxylic acids is 3. The number of halogens is 4. The highest BCUT2D eigenvalue weighted by atomic mass is 35.5. The second-order valence-corrected chi connectivity index (χ2v) is 17.1. The molecule has 0 bridgehead atoms. The fraction of sp³-hybridized carbons (Fsp3) is 0.605. The van der Waals surface area contributed by atoms with Crippen LogP contribution in [-0.2, 0) is 36.4 Å². The standard InChI is InChI=1S/C43H56ClF3N8O7/c44-35-27-29(26-34(38(35)48)43(45,46)47)28-36(62-42(59)54-18-10-33(11-19-54)55-41(58)49-39(50-55)32-4-2-1-3-5-32)40(57)53-16-8-31(9-17-53)30-6-13-51(14-7-30)15-12-37(56)61-25-22-52-20-23-60-24-21-52/h1-5,26-27,30-31,33,36H,6-25,28,48H2,(H,49,50,58)/t36-/m1/s1. The van der Waals surface area contributed by atoms with Gasteiger partial charge in [0.15, 0.2) is 11.9 Å². The number of piperidine rings is 3. The Morgan fingerprint density at radius 3 is 2.16 bits per heavy atom. The van der Waals surface area contributed by atoms with E-state index in [1.807, 2.05) is 30.3 Å². The minimum atomic E-state index is -4.80. The maximum Gasteiger partial charge on any atom is 0.418 e. The number of carbonyl (C=O) groups is 3. The maximum atomic E-state index is 14.2. The summed E-state index contributed by atoms with van der Waals surface area (Å²) in [4.78, 5) is 63.5. The van der Waals surface area contributed by atoms with Gasteiger partial charge in [0.05, 0.1) is 41.9 Å². The van der Waals surface area contributed by atoms with Gasteiger partial charge in [-0.2, -0.15) is 13.2 Å². The van der Waals surface area contributed by atoms with Crippen LogP contribution in [0.1, 0.15) is 62.1 Å². The van der Waals surface area contributed by atoms with E-state index in [2.05, 4.69) is 19.9 Å². The van der Waals surface area contributed by atoms with Crippen LogP contribution >= 0.6 is 11.6 Å². The second-order valence-electron chi connectivity index (χ2n) is 16.7. The number of alkyl halides is 3. The summed E-state index contributed by atoms with van der Waals surface area (Å²) in [5.74, 6) is 0.597. The lowest BCUT2D eigenvalue weighted by Gasteiger charge is -2.41. The quantitative estimate of drug-likeness (QED) is 0.173. The first-order chi connectivity index (χ1) is 29.8. The number of nitrogens with zero attached hydrogens (tertiary/aromatic N) is 6. The van der Waals surface area contributed by atoms with E-state index in [1.165, 1.54) is 15.6 Å². The highest BCUT2D eigenvalue weighted by molar-refractivity contribution is 6.33. The Kier molecular flexibility index (Phi) is 15.1. The topological polar surface area (TPSA) is 169 Å². The van der Waals surface area contributed by atoms with Gasteiger partial charge in [0.25, 0.3) is 5.91 Å². The van der Waals surface area contributed by atoms with Crippen molar-refractivity contribution >= 4 is 35.3 Å². The number of rotatable bonds is 13. The molecule has 0 unspecified atom stereocenters. The molecule has 338 valence electrons. The molecular weight excluding hydrogens is 833 g/mol. The normalized spacial score (nSPS) is 19.7. The number of morpholine rings is 1. The largest absolute Gasteiger partial charge is 0.464 e. The molecule has 4 aliphatic heterocycles. The molecule has 2 aromatic carbocycles. The SMILES string of the molecule is Nc1c(Cl)cc(C[C@@H](OC(=O)N2CCC(n3nc(-c4ccccc4)[nH]c3=O)CC2)C(=O)N2CCC(C3CCN(CCC(=O)OCCN4CCOCC4)CC3)CC2)cc1C(F)(F)F. The number of amides is 2. The third-order valence-electron chi connectivity index (χ3n) is 12.7. The summed E-state index contributed by atoms with van der Waals surface area (Å²) < 4.78 is 59.9. The van der Waals surface area contributed by atoms with Crippen molar-refractivity contribution in [1.29, 1.82) is 0 Å². The van der Waals surface area contributed by atoms with Crippen LogP contribution in [0, 0.1) is 11.8 Å². The third kappa shape index (κ3) is 11.7. The van der Waals surface area contributed by atoms with Gasteiger partial charge in [-0.05, 0) is 81.1 Å². The molecule has 62 heavy (non-hydrogen) atoms. The smallest absolute Gasteiger partial charge is 0.418 e. The van der Waals surface area contributed by atoms with Crippen molar-refractivity contribution in [3.63, 3.8) is 0 Å². The average Bonchev–Trinajstić information content (AvgIpc) is 3.68. The zero-order valence-corrected chi connectivity index (χ0v) is 35.6. The van der Waals surface area contributed by atoms with E-state index in [4.69, 9.17) is 31.5 Å². The lowest BCUT2D eigenvalue weighted by atomic mass is 9.78. The van der Waals surface area contributed by atoms with Crippen LogP contribution in [0.25, 0.3) is 11.4 Å². The molecule has 0 spiro atoms. The van der Waals surface area contributed by atoms with Gasteiger partial charge in [0.2, 0.25) is 0 Å². The predicted octanol–water partition coefficient (Wildman–Crippen LogP) is 5.09. The average molecular weight is 889 g/mol. The number of hydrogen-bond donors (Lipinski definition) is 2. The number of anilines is 1. The Balaban J connectivity index is 0.921. The molecule has 1 atom stereocenters. The molecular formula is C43H56ClF3N8O7. The van der Waals surface area contributed by atoms with Gasteiger partial charge in [-0.1, -0.05) is 41.9 Å². The molecule has 0 radical (unpaired) electrons. The predicted molar refractivity (Wildman–Crippen MR) is 224 cm³/mol. The fourth-order valence-corrected chi connectivity index (χ4v) is 9.34. The second kappa shape index (κ2) is 20.7. The number of hydrogen-bond acceptors (Lipinski definition) is 11. The van der Waals surface area contributed by atoms with Gasteiger partial charge in [-0.25, -0.2) is 14.3 Å². The molecule has 7 rings (SSSR count). The number of nitrogen functional groups attached to an aromatic ring is 1. The van der Waals surface area contributed by atoms with Crippen LogP contribution in [0.15, 0.2) is 47.3 Å². The first-order valence-electron chi connectivity index (χ1n) is 21.6. The highest BCUT2D eigenvalue weighted by Gasteiger charge is 2.38. The van der Waals surface area contributed by atoms with Crippen molar-refractivity contribution in [2.75, 3.05) is 91.0 Å². The Morgan fingerprint density at radius 2 is 1.50 bits per heavy atom. The molecule has 4 saturated heterocycles. The fourth-order valence-electron chi connectivity index (χ4n) is 9.10. The van der Waals surface area contributed by atoms with E-state index < -0.39 is 35.5 Å². The molecule has 0 aliphatic carbocycles. The first kappa shape index (κ1) is 45.4. The lowest BCUT2D eigenvalue weighted by Crippen LogP contribution is -2.49. The monoisotopic (exact) mass is 888 g/mol. The third-order valence-corrected chi connectivity index (χ3v) is 13.1. The van der Waals surface area contributed by atoms with Crippen LogP contribution in [0.4, 0.5) is 23.7 Å². The Bertz CT molecular complexity index is 2040. The summed E-state index contributed by atoms with van der Waals surface area (Å²) in [6.45, 7) is 7.85.